The van der Waals surface area contributed by atoms with Crippen LogP contribution in [0, 0.1) is 0 Å². The molecule has 0 aliphatic rings. The lowest BCUT2D eigenvalue weighted by Gasteiger charge is -2.12. The molecule has 110 valence electrons. The monoisotopic (exact) mass is 285 g/mol. The van der Waals surface area contributed by atoms with E-state index in [1.54, 1.807) is 12.1 Å². The van der Waals surface area contributed by atoms with Gasteiger partial charge in [0, 0.05) is 6.54 Å². The molecule has 0 bridgehead atoms. The van der Waals surface area contributed by atoms with Gasteiger partial charge in [-0.2, -0.15) is 0 Å². The Morgan fingerprint density at radius 1 is 1.00 bits per heavy atom. The van der Waals surface area contributed by atoms with Crippen LogP contribution in [0.2, 0.25) is 0 Å². The van der Waals surface area contributed by atoms with E-state index in [0.29, 0.717) is 12.1 Å². The fourth-order valence-corrected chi connectivity index (χ4v) is 1.99. The molecule has 0 saturated heterocycles. The van der Waals surface area contributed by atoms with Gasteiger partial charge in [-0.05, 0) is 42.8 Å². The zero-order valence-electron chi connectivity index (χ0n) is 12.4. The molecule has 0 fully saturated rings. The van der Waals surface area contributed by atoms with Crippen LogP contribution in [0.4, 0.5) is 0 Å². The third-order valence-corrected chi connectivity index (χ3v) is 3.16. The molecular weight excluding hydrogens is 265 g/mol. The van der Waals surface area contributed by atoms with Gasteiger partial charge < -0.3 is 19.7 Å². The summed E-state index contributed by atoms with van der Waals surface area (Å²) in [5, 5.41) is 18.5. The Balaban J connectivity index is 2.15. The molecule has 0 radical (unpaired) electrons. The van der Waals surface area contributed by atoms with E-state index in [0.717, 1.165) is 23.4 Å². The molecule has 2 rings (SSSR count). The smallest absolute Gasteiger partial charge is 0.488 e. The van der Waals surface area contributed by atoms with Gasteiger partial charge in [0.2, 0.25) is 0 Å². The minimum atomic E-state index is -1.45. The molecular formula is C16H20BNO3. The Bertz CT molecular complexity index is 587. The molecule has 0 aromatic heterocycles. The first-order chi connectivity index (χ1) is 10.1. The van der Waals surface area contributed by atoms with E-state index in [2.05, 4.69) is 4.90 Å². The van der Waals surface area contributed by atoms with E-state index in [-0.39, 0.29) is 0 Å². The van der Waals surface area contributed by atoms with Crippen LogP contribution in [0.25, 0.3) is 11.1 Å². The fourth-order valence-electron chi connectivity index (χ4n) is 1.99. The van der Waals surface area contributed by atoms with Gasteiger partial charge in [0.05, 0.1) is 0 Å². The fraction of sp³-hybridized carbons (Fsp3) is 0.250. The van der Waals surface area contributed by atoms with Crippen molar-refractivity contribution >= 4 is 12.6 Å². The second-order valence-electron chi connectivity index (χ2n) is 5.18. The quantitative estimate of drug-likeness (QED) is 0.777. The van der Waals surface area contributed by atoms with Crippen molar-refractivity contribution in [3.8, 4) is 16.9 Å². The third kappa shape index (κ3) is 4.60. The number of rotatable bonds is 6. The van der Waals surface area contributed by atoms with Gasteiger partial charge in [-0.3, -0.25) is 0 Å². The molecule has 0 saturated carbocycles. The van der Waals surface area contributed by atoms with Crippen LogP contribution in [-0.4, -0.2) is 49.3 Å². The van der Waals surface area contributed by atoms with Crippen LogP contribution in [0.3, 0.4) is 0 Å². The summed E-state index contributed by atoms with van der Waals surface area (Å²) in [6, 6.07) is 15.0. The normalized spacial score (nSPS) is 10.7. The molecule has 21 heavy (non-hydrogen) atoms. The lowest BCUT2D eigenvalue weighted by atomic mass is 9.79. The van der Waals surface area contributed by atoms with Gasteiger partial charge in [-0.1, -0.05) is 36.4 Å². The molecule has 0 aliphatic carbocycles. The lowest BCUT2D eigenvalue weighted by Crippen LogP contribution is -2.29. The van der Waals surface area contributed by atoms with E-state index in [1.165, 1.54) is 0 Å². The Kier molecular flexibility index (Phi) is 5.39. The number of benzene rings is 2. The number of likely N-dealkylation sites (N-methyl/N-ethyl adjacent to an activating group) is 1. The van der Waals surface area contributed by atoms with Crippen LogP contribution in [0.5, 0.6) is 5.75 Å². The van der Waals surface area contributed by atoms with E-state index < -0.39 is 7.12 Å². The van der Waals surface area contributed by atoms with Crippen molar-refractivity contribution in [3.63, 3.8) is 0 Å². The molecule has 4 nitrogen and oxygen atoms in total. The molecule has 2 aromatic rings. The van der Waals surface area contributed by atoms with Crippen molar-refractivity contribution in [1.82, 2.24) is 4.90 Å². The SMILES string of the molecule is CN(C)CCOc1cccc(-c2cccc(B(O)O)c2)c1. The van der Waals surface area contributed by atoms with E-state index in [1.807, 2.05) is 50.5 Å². The van der Waals surface area contributed by atoms with Crippen molar-refractivity contribution in [2.45, 2.75) is 0 Å². The van der Waals surface area contributed by atoms with Crippen molar-refractivity contribution in [2.24, 2.45) is 0 Å². The predicted octanol–water partition coefficient (Wildman–Crippen LogP) is 0.974. The van der Waals surface area contributed by atoms with Crippen LogP contribution < -0.4 is 10.2 Å². The van der Waals surface area contributed by atoms with Crippen molar-refractivity contribution in [3.05, 3.63) is 48.5 Å². The summed E-state index contributed by atoms with van der Waals surface area (Å²) in [7, 11) is 2.56. The predicted molar refractivity (Wildman–Crippen MR) is 85.8 cm³/mol. The molecule has 0 amide bonds. The highest BCUT2D eigenvalue weighted by Crippen LogP contribution is 2.23. The Hall–Kier alpha value is -1.82. The molecule has 2 N–H and O–H groups in total. The number of hydrogen-bond donors (Lipinski definition) is 2. The Morgan fingerprint density at radius 2 is 1.67 bits per heavy atom. The van der Waals surface area contributed by atoms with Crippen LogP contribution in [0.15, 0.2) is 48.5 Å². The molecule has 0 heterocycles. The second kappa shape index (κ2) is 7.27. The third-order valence-electron chi connectivity index (χ3n) is 3.16. The maximum Gasteiger partial charge on any atom is 0.488 e. The summed E-state index contributed by atoms with van der Waals surface area (Å²) < 4.78 is 5.72. The van der Waals surface area contributed by atoms with Crippen molar-refractivity contribution < 1.29 is 14.8 Å². The van der Waals surface area contributed by atoms with Gasteiger partial charge in [0.25, 0.3) is 0 Å². The molecule has 2 aromatic carbocycles. The summed E-state index contributed by atoms with van der Waals surface area (Å²) in [5.41, 5.74) is 2.39. The minimum Gasteiger partial charge on any atom is -0.492 e. The Morgan fingerprint density at radius 3 is 2.33 bits per heavy atom. The average molecular weight is 285 g/mol. The van der Waals surface area contributed by atoms with Crippen LogP contribution >= 0.6 is 0 Å². The largest absolute Gasteiger partial charge is 0.492 e. The van der Waals surface area contributed by atoms with Gasteiger partial charge in [0.1, 0.15) is 12.4 Å². The molecule has 5 heteroatoms. The Labute approximate surface area is 125 Å². The average Bonchev–Trinajstić information content (AvgIpc) is 2.47. The standard InChI is InChI=1S/C16H20BNO3/c1-18(2)9-10-21-16-8-4-6-14(12-16)13-5-3-7-15(11-13)17(19)20/h3-8,11-12,19-20H,9-10H2,1-2H3. The maximum absolute atomic E-state index is 9.24. The maximum atomic E-state index is 9.24. The van der Waals surface area contributed by atoms with Gasteiger partial charge in [0.15, 0.2) is 0 Å². The van der Waals surface area contributed by atoms with E-state index in [9.17, 15) is 10.0 Å². The first kappa shape index (κ1) is 15.6. The topological polar surface area (TPSA) is 52.9 Å². The first-order valence-corrected chi connectivity index (χ1v) is 6.90. The van der Waals surface area contributed by atoms with Gasteiger partial charge in [-0.15, -0.1) is 0 Å². The van der Waals surface area contributed by atoms with Crippen LogP contribution in [0.1, 0.15) is 0 Å². The number of nitrogens with zero attached hydrogens (tertiary/aromatic N) is 1. The van der Waals surface area contributed by atoms with Crippen molar-refractivity contribution in [2.75, 3.05) is 27.2 Å². The molecule has 0 spiro atoms. The molecule has 0 atom stereocenters. The first-order valence-electron chi connectivity index (χ1n) is 6.90. The van der Waals surface area contributed by atoms with Gasteiger partial charge in [-0.25, -0.2) is 0 Å². The zero-order chi connectivity index (χ0) is 15.2. The highest BCUT2D eigenvalue weighted by atomic mass is 16.5. The van der Waals surface area contributed by atoms with Crippen molar-refractivity contribution in [1.29, 1.82) is 0 Å². The highest BCUT2D eigenvalue weighted by Gasteiger charge is 2.11. The van der Waals surface area contributed by atoms with E-state index in [4.69, 9.17) is 4.74 Å². The number of hydrogen-bond acceptors (Lipinski definition) is 4. The summed E-state index contributed by atoms with van der Waals surface area (Å²) in [5.74, 6) is 0.810. The molecule has 0 unspecified atom stereocenters. The summed E-state index contributed by atoms with van der Waals surface area (Å²) in [6.45, 7) is 1.49. The zero-order valence-corrected chi connectivity index (χ0v) is 12.4. The summed E-state index contributed by atoms with van der Waals surface area (Å²) in [4.78, 5) is 2.07. The summed E-state index contributed by atoms with van der Waals surface area (Å²) >= 11 is 0. The minimum absolute atomic E-state index is 0.478. The number of ether oxygens (including phenoxy) is 1. The highest BCUT2D eigenvalue weighted by molar-refractivity contribution is 6.58. The van der Waals surface area contributed by atoms with E-state index >= 15 is 0 Å². The van der Waals surface area contributed by atoms with Crippen LogP contribution in [-0.2, 0) is 0 Å². The second-order valence-corrected chi connectivity index (χ2v) is 5.18. The van der Waals surface area contributed by atoms with Gasteiger partial charge >= 0.3 is 7.12 Å². The molecule has 0 aliphatic heterocycles. The lowest BCUT2D eigenvalue weighted by molar-refractivity contribution is 0.261. The summed E-state index contributed by atoms with van der Waals surface area (Å²) in [6.07, 6.45) is 0.